The molecule has 0 saturated heterocycles. The zero-order valence-corrected chi connectivity index (χ0v) is 27.2. The molecule has 7 aromatic rings. The van der Waals surface area contributed by atoms with Gasteiger partial charge in [0.2, 0.25) is 0 Å². The first-order valence-corrected chi connectivity index (χ1v) is 16.7. The van der Waals surface area contributed by atoms with Gasteiger partial charge in [-0.25, -0.2) is 9.98 Å². The highest BCUT2D eigenvalue weighted by Gasteiger charge is 2.22. The summed E-state index contributed by atoms with van der Waals surface area (Å²) in [5, 5.41) is 13.7. The van der Waals surface area contributed by atoms with Crippen molar-refractivity contribution in [3.63, 3.8) is 0 Å². The summed E-state index contributed by atoms with van der Waals surface area (Å²) in [6.45, 7) is 0. The van der Waals surface area contributed by atoms with Gasteiger partial charge < -0.3 is 5.32 Å². The summed E-state index contributed by atoms with van der Waals surface area (Å²) in [6.07, 6.45) is -0.486. The summed E-state index contributed by atoms with van der Waals surface area (Å²) in [7, 11) is 0. The van der Waals surface area contributed by atoms with Gasteiger partial charge in [0.05, 0.1) is 11.6 Å². The van der Waals surface area contributed by atoms with Crippen molar-refractivity contribution in [1.29, 1.82) is 5.26 Å². The van der Waals surface area contributed by atoms with E-state index in [4.69, 9.17) is 9.98 Å². The minimum Gasteiger partial charge on any atom is -0.324 e. The van der Waals surface area contributed by atoms with Gasteiger partial charge in [-0.1, -0.05) is 152 Å². The van der Waals surface area contributed by atoms with Crippen LogP contribution in [0.3, 0.4) is 0 Å². The quantitative estimate of drug-likeness (QED) is 0.188. The summed E-state index contributed by atoms with van der Waals surface area (Å²) in [5.41, 5.74) is 12.2. The van der Waals surface area contributed by atoms with Gasteiger partial charge in [-0.2, -0.15) is 5.26 Å². The van der Waals surface area contributed by atoms with Crippen LogP contribution in [0.2, 0.25) is 0 Å². The van der Waals surface area contributed by atoms with Crippen molar-refractivity contribution in [3.8, 4) is 50.6 Å². The van der Waals surface area contributed by atoms with E-state index in [0.717, 1.165) is 61.7 Å². The zero-order valence-electron chi connectivity index (χ0n) is 27.2. The Bertz CT molecular complexity index is 2350. The Hall–Kier alpha value is -6.83. The lowest BCUT2D eigenvalue weighted by atomic mass is 9.93. The van der Waals surface area contributed by atoms with E-state index >= 15 is 0 Å². The first-order chi connectivity index (χ1) is 24.7. The van der Waals surface area contributed by atoms with Gasteiger partial charge in [-0.05, 0) is 80.4 Å². The SMILES string of the molecule is N#Cc1ccc(C2N=C(c3ccccc3)NC(c3ccccc3)=N2)cc1-c1cccc(-c2cccc(-c3cccc(-c4ccccc4)c3)c2)c1. The van der Waals surface area contributed by atoms with Crippen LogP contribution in [0.1, 0.15) is 28.4 Å². The molecule has 1 heterocycles. The van der Waals surface area contributed by atoms with Gasteiger partial charge in [0.25, 0.3) is 0 Å². The van der Waals surface area contributed by atoms with Crippen molar-refractivity contribution in [2.24, 2.45) is 9.98 Å². The summed E-state index contributed by atoms with van der Waals surface area (Å²) < 4.78 is 0. The van der Waals surface area contributed by atoms with E-state index in [-0.39, 0.29) is 0 Å². The van der Waals surface area contributed by atoms with Crippen LogP contribution in [0, 0.1) is 11.3 Å². The van der Waals surface area contributed by atoms with Gasteiger partial charge in [0.15, 0.2) is 6.17 Å². The molecule has 1 N–H and O–H groups in total. The first-order valence-electron chi connectivity index (χ1n) is 16.7. The standard InChI is InChI=1S/C46H32N4/c47-31-42-26-25-41(46-49-44(33-15-6-2-7-16-33)48-45(50-46)34-17-8-3-9-18-34)30-43(42)40-24-12-23-39(29-40)38-22-11-21-37(28-38)36-20-10-19-35(27-36)32-13-4-1-5-14-32/h1-30,46H,(H,48,49,50). The topological polar surface area (TPSA) is 60.5 Å². The molecule has 0 saturated carbocycles. The monoisotopic (exact) mass is 640 g/mol. The molecule has 0 bridgehead atoms. The maximum Gasteiger partial charge on any atom is 0.169 e. The predicted octanol–water partition coefficient (Wildman–Crippen LogP) is 10.7. The van der Waals surface area contributed by atoms with E-state index in [9.17, 15) is 5.26 Å². The fourth-order valence-corrected chi connectivity index (χ4v) is 6.40. The Labute approximate surface area is 292 Å². The van der Waals surface area contributed by atoms with Crippen LogP contribution in [0.5, 0.6) is 0 Å². The van der Waals surface area contributed by atoms with Crippen molar-refractivity contribution in [2.75, 3.05) is 0 Å². The van der Waals surface area contributed by atoms with Gasteiger partial charge in [0, 0.05) is 11.1 Å². The molecular formula is C46H32N4. The first kappa shape index (κ1) is 30.5. The van der Waals surface area contributed by atoms with Gasteiger partial charge >= 0.3 is 0 Å². The molecule has 0 radical (unpaired) electrons. The number of nitrogens with zero attached hydrogens (tertiary/aromatic N) is 3. The average molecular weight is 641 g/mol. The summed E-state index contributed by atoms with van der Waals surface area (Å²) in [4.78, 5) is 10.1. The van der Waals surface area contributed by atoms with Crippen LogP contribution in [0.25, 0.3) is 44.5 Å². The number of hydrogen-bond acceptors (Lipinski definition) is 4. The number of rotatable bonds is 7. The van der Waals surface area contributed by atoms with E-state index in [1.54, 1.807) is 0 Å². The highest BCUT2D eigenvalue weighted by atomic mass is 15.2. The summed E-state index contributed by atoms with van der Waals surface area (Å²) in [5.74, 6) is 1.51. The number of nitrogens with one attached hydrogen (secondary N) is 1. The van der Waals surface area contributed by atoms with Crippen molar-refractivity contribution in [2.45, 2.75) is 6.17 Å². The van der Waals surface area contributed by atoms with Crippen LogP contribution >= 0.6 is 0 Å². The molecule has 0 fully saturated rings. The molecule has 4 nitrogen and oxygen atoms in total. The lowest BCUT2D eigenvalue weighted by Gasteiger charge is -2.23. The Morgan fingerprint density at radius 3 is 1.28 bits per heavy atom. The molecule has 0 spiro atoms. The zero-order chi connectivity index (χ0) is 33.7. The number of hydrogen-bond donors (Lipinski definition) is 1. The van der Waals surface area contributed by atoms with Crippen molar-refractivity contribution < 1.29 is 0 Å². The molecule has 0 amide bonds. The Balaban J connectivity index is 1.16. The van der Waals surface area contributed by atoms with Crippen LogP contribution in [0.15, 0.2) is 192 Å². The van der Waals surface area contributed by atoms with E-state index in [1.165, 1.54) is 11.1 Å². The Kier molecular flexibility index (Phi) is 8.37. The van der Waals surface area contributed by atoms with E-state index in [1.807, 2.05) is 78.9 Å². The lowest BCUT2D eigenvalue weighted by molar-refractivity contribution is 0.756. The average Bonchev–Trinajstić information content (AvgIpc) is 3.21. The fourth-order valence-electron chi connectivity index (χ4n) is 6.40. The second-order valence-corrected chi connectivity index (χ2v) is 12.2. The maximum atomic E-state index is 10.2. The molecular weight excluding hydrogens is 609 g/mol. The normalized spacial score (nSPS) is 12.7. The van der Waals surface area contributed by atoms with E-state index in [2.05, 4.69) is 115 Å². The minimum atomic E-state index is -0.486. The van der Waals surface area contributed by atoms with Crippen LogP contribution in [-0.2, 0) is 0 Å². The third-order valence-corrected chi connectivity index (χ3v) is 8.97. The second-order valence-electron chi connectivity index (χ2n) is 12.2. The molecule has 236 valence electrons. The Morgan fingerprint density at radius 2 is 0.800 bits per heavy atom. The van der Waals surface area contributed by atoms with Gasteiger partial charge in [-0.3, -0.25) is 0 Å². The summed E-state index contributed by atoms with van der Waals surface area (Å²) >= 11 is 0. The van der Waals surface area contributed by atoms with Crippen LogP contribution in [0.4, 0.5) is 0 Å². The largest absolute Gasteiger partial charge is 0.324 e. The van der Waals surface area contributed by atoms with Crippen molar-refractivity contribution in [3.05, 3.63) is 204 Å². The molecule has 50 heavy (non-hydrogen) atoms. The molecule has 8 rings (SSSR count). The lowest BCUT2D eigenvalue weighted by Crippen LogP contribution is -2.36. The molecule has 0 atom stereocenters. The molecule has 0 aromatic heterocycles. The van der Waals surface area contributed by atoms with Gasteiger partial charge in [0.1, 0.15) is 11.7 Å². The second kappa shape index (κ2) is 13.7. The van der Waals surface area contributed by atoms with Crippen LogP contribution in [-0.4, -0.2) is 11.7 Å². The molecule has 0 aliphatic carbocycles. The maximum absolute atomic E-state index is 10.2. The fraction of sp³-hybridized carbons (Fsp3) is 0.0217. The highest BCUT2D eigenvalue weighted by Crippen LogP contribution is 2.34. The number of benzene rings is 7. The minimum absolute atomic E-state index is 0.486. The molecule has 4 heteroatoms. The molecule has 7 aromatic carbocycles. The molecule has 1 aliphatic heterocycles. The summed E-state index contributed by atoms with van der Waals surface area (Å²) in [6, 6.07) is 64.7. The van der Waals surface area contributed by atoms with Crippen LogP contribution < -0.4 is 5.32 Å². The third kappa shape index (κ3) is 6.36. The van der Waals surface area contributed by atoms with E-state index < -0.39 is 6.17 Å². The Morgan fingerprint density at radius 1 is 0.400 bits per heavy atom. The number of aliphatic imine (C=N–C) groups is 2. The predicted molar refractivity (Wildman–Crippen MR) is 205 cm³/mol. The van der Waals surface area contributed by atoms with Crippen molar-refractivity contribution in [1.82, 2.24) is 5.32 Å². The molecule has 1 aliphatic rings. The molecule has 0 unspecified atom stereocenters. The highest BCUT2D eigenvalue weighted by molar-refractivity contribution is 6.15. The van der Waals surface area contributed by atoms with Gasteiger partial charge in [-0.15, -0.1) is 0 Å². The smallest absolute Gasteiger partial charge is 0.169 e. The van der Waals surface area contributed by atoms with E-state index in [0.29, 0.717) is 5.56 Å². The third-order valence-electron chi connectivity index (χ3n) is 8.97. The number of amidine groups is 2. The number of nitriles is 1. The van der Waals surface area contributed by atoms with Crippen molar-refractivity contribution >= 4 is 11.7 Å².